The first-order chi connectivity index (χ1) is 7.38. The second-order valence-corrected chi connectivity index (χ2v) is 3.22. The van der Waals surface area contributed by atoms with Crippen molar-refractivity contribution in [2.24, 2.45) is 0 Å². The van der Waals surface area contributed by atoms with Crippen molar-refractivity contribution in [3.63, 3.8) is 0 Å². The van der Waals surface area contributed by atoms with Gasteiger partial charge in [0.2, 0.25) is 11.8 Å². The van der Waals surface area contributed by atoms with Gasteiger partial charge in [-0.25, -0.2) is 0 Å². The standard InChI is InChI=1S/C10H14N2O4/c1-4-5-12(7-10(15)16)9(14)6-11(3)8(2)13/h1H,5-7H2,2-3H3,(H,15,16). The molecule has 1 N–H and O–H groups in total. The van der Waals surface area contributed by atoms with Crippen LogP contribution < -0.4 is 0 Å². The van der Waals surface area contributed by atoms with Crippen molar-refractivity contribution in [2.45, 2.75) is 6.92 Å². The van der Waals surface area contributed by atoms with E-state index in [4.69, 9.17) is 11.5 Å². The van der Waals surface area contributed by atoms with E-state index in [1.807, 2.05) is 0 Å². The SMILES string of the molecule is C#CCN(CC(=O)O)C(=O)CN(C)C(C)=O. The summed E-state index contributed by atoms with van der Waals surface area (Å²) in [6, 6.07) is 0. The number of carboxylic acids is 1. The van der Waals surface area contributed by atoms with E-state index in [1.165, 1.54) is 18.9 Å². The van der Waals surface area contributed by atoms with Crippen LogP contribution in [0.15, 0.2) is 0 Å². The van der Waals surface area contributed by atoms with Crippen LogP contribution in [0.2, 0.25) is 0 Å². The van der Waals surface area contributed by atoms with Gasteiger partial charge in [0.15, 0.2) is 0 Å². The monoisotopic (exact) mass is 226 g/mol. The number of aliphatic carboxylic acids is 1. The third-order valence-corrected chi connectivity index (χ3v) is 1.87. The molecule has 0 saturated carbocycles. The van der Waals surface area contributed by atoms with Crippen LogP contribution in [0.5, 0.6) is 0 Å². The van der Waals surface area contributed by atoms with Crippen molar-refractivity contribution in [2.75, 3.05) is 26.7 Å². The lowest BCUT2D eigenvalue weighted by Gasteiger charge is -2.21. The van der Waals surface area contributed by atoms with Gasteiger partial charge in [0, 0.05) is 14.0 Å². The Morgan fingerprint density at radius 2 is 1.88 bits per heavy atom. The maximum absolute atomic E-state index is 11.6. The summed E-state index contributed by atoms with van der Waals surface area (Å²) in [5.74, 6) is 0.289. The number of hydrogen-bond donors (Lipinski definition) is 1. The topological polar surface area (TPSA) is 77.9 Å². The zero-order valence-corrected chi connectivity index (χ0v) is 9.27. The lowest BCUT2D eigenvalue weighted by molar-refractivity contribution is -0.145. The average molecular weight is 226 g/mol. The zero-order chi connectivity index (χ0) is 12.7. The molecule has 0 saturated heterocycles. The van der Waals surface area contributed by atoms with Crippen molar-refractivity contribution >= 4 is 17.8 Å². The number of carbonyl (C=O) groups excluding carboxylic acids is 2. The van der Waals surface area contributed by atoms with Crippen LogP contribution in [0.25, 0.3) is 0 Å². The van der Waals surface area contributed by atoms with Crippen LogP contribution in [0.4, 0.5) is 0 Å². The predicted octanol–water partition coefficient (Wildman–Crippen LogP) is -0.989. The highest BCUT2D eigenvalue weighted by Gasteiger charge is 2.18. The number of carboxylic acid groups (broad SMARTS) is 1. The lowest BCUT2D eigenvalue weighted by Crippen LogP contribution is -2.42. The molecule has 0 aliphatic carbocycles. The van der Waals surface area contributed by atoms with Crippen molar-refractivity contribution in [1.29, 1.82) is 0 Å². The van der Waals surface area contributed by atoms with Crippen LogP contribution in [-0.2, 0) is 14.4 Å². The molecule has 0 unspecified atom stereocenters. The second kappa shape index (κ2) is 6.45. The predicted molar refractivity (Wildman–Crippen MR) is 56.4 cm³/mol. The smallest absolute Gasteiger partial charge is 0.323 e. The van der Waals surface area contributed by atoms with Crippen molar-refractivity contribution in [3.05, 3.63) is 0 Å². The Bertz CT molecular complexity index is 332. The highest BCUT2D eigenvalue weighted by molar-refractivity contribution is 5.86. The third-order valence-electron chi connectivity index (χ3n) is 1.87. The first-order valence-electron chi connectivity index (χ1n) is 4.53. The molecular formula is C10H14N2O4. The van der Waals surface area contributed by atoms with Crippen molar-refractivity contribution in [1.82, 2.24) is 9.80 Å². The first kappa shape index (κ1) is 14.0. The molecule has 6 heteroatoms. The second-order valence-electron chi connectivity index (χ2n) is 3.22. The van der Waals surface area contributed by atoms with E-state index < -0.39 is 18.4 Å². The van der Waals surface area contributed by atoms with Gasteiger partial charge in [0.05, 0.1) is 13.1 Å². The summed E-state index contributed by atoms with van der Waals surface area (Å²) in [5, 5.41) is 8.56. The Labute approximate surface area is 93.8 Å². The van der Waals surface area contributed by atoms with Crippen molar-refractivity contribution < 1.29 is 19.5 Å². The molecule has 0 aromatic rings. The largest absolute Gasteiger partial charge is 0.480 e. The highest BCUT2D eigenvalue weighted by atomic mass is 16.4. The van der Waals surface area contributed by atoms with Gasteiger partial charge in [-0.3, -0.25) is 14.4 Å². The molecule has 0 aromatic heterocycles. The van der Waals surface area contributed by atoms with Crippen LogP contribution in [0.1, 0.15) is 6.92 Å². The molecule has 16 heavy (non-hydrogen) atoms. The van der Waals surface area contributed by atoms with Gasteiger partial charge in [0.25, 0.3) is 0 Å². The van der Waals surface area contributed by atoms with Gasteiger partial charge in [-0.1, -0.05) is 5.92 Å². The summed E-state index contributed by atoms with van der Waals surface area (Å²) in [7, 11) is 1.45. The summed E-state index contributed by atoms with van der Waals surface area (Å²) in [6.45, 7) is 0.589. The summed E-state index contributed by atoms with van der Waals surface area (Å²) >= 11 is 0. The number of rotatable bonds is 5. The number of hydrogen-bond acceptors (Lipinski definition) is 3. The molecule has 2 amide bonds. The van der Waals surface area contributed by atoms with Gasteiger partial charge < -0.3 is 14.9 Å². The molecule has 0 aliphatic heterocycles. The van der Waals surface area contributed by atoms with E-state index in [0.717, 1.165) is 4.90 Å². The number of terminal acetylenes is 1. The van der Waals surface area contributed by atoms with E-state index in [9.17, 15) is 14.4 Å². The van der Waals surface area contributed by atoms with Gasteiger partial charge in [-0.05, 0) is 0 Å². The van der Waals surface area contributed by atoms with E-state index >= 15 is 0 Å². The highest BCUT2D eigenvalue weighted by Crippen LogP contribution is 1.93. The third kappa shape index (κ3) is 5.00. The fraction of sp³-hybridized carbons (Fsp3) is 0.500. The minimum absolute atomic E-state index is 0.0864. The Kier molecular flexibility index (Phi) is 5.63. The Morgan fingerprint density at radius 3 is 2.25 bits per heavy atom. The van der Waals surface area contributed by atoms with Gasteiger partial charge >= 0.3 is 5.97 Å². The molecular weight excluding hydrogens is 212 g/mol. The lowest BCUT2D eigenvalue weighted by atomic mass is 10.4. The Morgan fingerprint density at radius 1 is 1.31 bits per heavy atom. The molecule has 0 aromatic carbocycles. The van der Waals surface area contributed by atoms with Gasteiger partial charge in [-0.2, -0.15) is 0 Å². The molecule has 0 heterocycles. The fourth-order valence-corrected chi connectivity index (χ4v) is 0.920. The average Bonchev–Trinajstić information content (AvgIpc) is 2.16. The fourth-order valence-electron chi connectivity index (χ4n) is 0.920. The van der Waals surface area contributed by atoms with E-state index in [-0.39, 0.29) is 19.0 Å². The minimum atomic E-state index is -1.14. The number of amides is 2. The van der Waals surface area contributed by atoms with E-state index in [2.05, 4.69) is 5.92 Å². The molecule has 0 fully saturated rings. The minimum Gasteiger partial charge on any atom is -0.480 e. The summed E-state index contributed by atoms with van der Waals surface area (Å²) in [5.41, 5.74) is 0. The summed E-state index contributed by atoms with van der Waals surface area (Å²) in [6.07, 6.45) is 5.02. The number of nitrogens with zero attached hydrogens (tertiary/aromatic N) is 2. The maximum Gasteiger partial charge on any atom is 0.323 e. The summed E-state index contributed by atoms with van der Waals surface area (Å²) < 4.78 is 0. The molecule has 0 spiro atoms. The number of likely N-dealkylation sites (N-methyl/N-ethyl adjacent to an activating group) is 1. The van der Waals surface area contributed by atoms with Gasteiger partial charge in [0.1, 0.15) is 6.54 Å². The quantitative estimate of drug-likeness (QED) is 0.611. The summed E-state index contributed by atoms with van der Waals surface area (Å²) in [4.78, 5) is 35.1. The normalized spacial score (nSPS) is 9.06. The molecule has 0 atom stereocenters. The molecule has 6 nitrogen and oxygen atoms in total. The molecule has 0 bridgehead atoms. The Balaban J connectivity index is 4.44. The number of carbonyl (C=O) groups is 3. The van der Waals surface area contributed by atoms with Crippen molar-refractivity contribution in [3.8, 4) is 12.3 Å². The van der Waals surface area contributed by atoms with Crippen LogP contribution >= 0.6 is 0 Å². The Hall–Kier alpha value is -2.03. The maximum atomic E-state index is 11.6. The van der Waals surface area contributed by atoms with E-state index in [1.54, 1.807) is 0 Å². The molecule has 0 rings (SSSR count). The zero-order valence-electron chi connectivity index (χ0n) is 9.27. The first-order valence-corrected chi connectivity index (χ1v) is 4.53. The molecule has 0 radical (unpaired) electrons. The van der Waals surface area contributed by atoms with Crippen LogP contribution in [0, 0.1) is 12.3 Å². The van der Waals surface area contributed by atoms with Gasteiger partial charge in [-0.15, -0.1) is 6.42 Å². The molecule has 0 aliphatic rings. The van der Waals surface area contributed by atoms with Crippen LogP contribution in [-0.4, -0.2) is 59.4 Å². The van der Waals surface area contributed by atoms with E-state index in [0.29, 0.717) is 0 Å². The van der Waals surface area contributed by atoms with Crippen LogP contribution in [0.3, 0.4) is 0 Å². The molecule has 88 valence electrons.